The summed E-state index contributed by atoms with van der Waals surface area (Å²) in [7, 11) is 3.33. The van der Waals surface area contributed by atoms with E-state index in [1.165, 1.54) is 0 Å². The predicted molar refractivity (Wildman–Crippen MR) is 61.5 cm³/mol. The van der Waals surface area contributed by atoms with E-state index in [1.54, 1.807) is 14.2 Å². The van der Waals surface area contributed by atoms with E-state index in [4.69, 9.17) is 15.2 Å². The molecule has 0 aliphatic carbocycles. The van der Waals surface area contributed by atoms with Crippen molar-refractivity contribution < 1.29 is 9.47 Å². The largest absolute Gasteiger partial charge is 0.497 e. The number of hydrogen-bond acceptors (Lipinski definition) is 3. The van der Waals surface area contributed by atoms with E-state index < -0.39 is 0 Å². The lowest BCUT2D eigenvalue weighted by atomic mass is 10.0. The van der Waals surface area contributed by atoms with Gasteiger partial charge < -0.3 is 15.2 Å². The minimum Gasteiger partial charge on any atom is -0.497 e. The van der Waals surface area contributed by atoms with E-state index in [9.17, 15) is 0 Å². The zero-order valence-corrected chi connectivity index (χ0v) is 9.62. The summed E-state index contributed by atoms with van der Waals surface area (Å²) in [6.07, 6.45) is 1.78. The van der Waals surface area contributed by atoms with Crippen LogP contribution in [0.1, 0.15) is 18.9 Å². The van der Waals surface area contributed by atoms with E-state index in [1.807, 2.05) is 18.2 Å². The van der Waals surface area contributed by atoms with Gasteiger partial charge in [-0.05, 0) is 36.6 Å². The van der Waals surface area contributed by atoms with Crippen molar-refractivity contribution in [1.29, 1.82) is 0 Å². The van der Waals surface area contributed by atoms with Crippen molar-refractivity contribution in [2.45, 2.75) is 25.8 Å². The monoisotopic (exact) mass is 209 g/mol. The molecule has 0 bridgehead atoms. The van der Waals surface area contributed by atoms with Gasteiger partial charge in [0.25, 0.3) is 0 Å². The average Bonchev–Trinajstić information content (AvgIpc) is 2.28. The summed E-state index contributed by atoms with van der Waals surface area (Å²) < 4.78 is 10.5. The minimum absolute atomic E-state index is 0.172. The second-order valence-corrected chi connectivity index (χ2v) is 3.55. The molecule has 84 valence electrons. The summed E-state index contributed by atoms with van der Waals surface area (Å²) in [5.74, 6) is 1.72. The first-order valence-electron chi connectivity index (χ1n) is 5.17. The van der Waals surface area contributed by atoms with Crippen LogP contribution in [-0.2, 0) is 6.42 Å². The highest BCUT2D eigenvalue weighted by Crippen LogP contribution is 2.25. The highest BCUT2D eigenvalue weighted by atomic mass is 16.5. The molecule has 0 spiro atoms. The number of rotatable bonds is 5. The van der Waals surface area contributed by atoms with Crippen molar-refractivity contribution in [2.24, 2.45) is 5.73 Å². The van der Waals surface area contributed by atoms with Crippen molar-refractivity contribution in [2.75, 3.05) is 14.2 Å². The summed E-state index contributed by atoms with van der Waals surface area (Å²) in [4.78, 5) is 0. The molecular weight excluding hydrogens is 190 g/mol. The normalized spacial score (nSPS) is 12.3. The molecule has 0 aromatic heterocycles. The van der Waals surface area contributed by atoms with E-state index >= 15 is 0 Å². The van der Waals surface area contributed by atoms with Crippen LogP contribution in [0.5, 0.6) is 11.5 Å². The molecule has 2 N–H and O–H groups in total. The van der Waals surface area contributed by atoms with Gasteiger partial charge in [-0.15, -0.1) is 0 Å². The fraction of sp³-hybridized carbons (Fsp3) is 0.500. The first-order valence-corrected chi connectivity index (χ1v) is 5.17. The number of nitrogens with two attached hydrogens (primary N) is 1. The first-order chi connectivity index (χ1) is 7.21. The fourth-order valence-electron chi connectivity index (χ4n) is 1.47. The molecule has 0 amide bonds. The van der Waals surface area contributed by atoms with Crippen LogP contribution in [0, 0.1) is 0 Å². The fourth-order valence-corrected chi connectivity index (χ4v) is 1.47. The molecule has 0 radical (unpaired) electrons. The van der Waals surface area contributed by atoms with Crippen LogP contribution < -0.4 is 15.2 Å². The minimum atomic E-state index is 0.172. The maximum absolute atomic E-state index is 5.92. The Balaban J connectivity index is 2.90. The topological polar surface area (TPSA) is 44.5 Å². The standard InChI is InChI=1S/C12H19NO2/c1-4-10(13)7-9-8-11(14-2)5-6-12(9)15-3/h5-6,8,10H,4,7,13H2,1-3H3/t10-/m0/s1. The van der Waals surface area contributed by atoms with Gasteiger partial charge in [-0.3, -0.25) is 0 Å². The molecule has 15 heavy (non-hydrogen) atoms. The number of hydrogen-bond donors (Lipinski definition) is 1. The molecule has 0 saturated carbocycles. The van der Waals surface area contributed by atoms with Gasteiger partial charge in [0, 0.05) is 6.04 Å². The second-order valence-electron chi connectivity index (χ2n) is 3.55. The quantitative estimate of drug-likeness (QED) is 0.806. The lowest BCUT2D eigenvalue weighted by Crippen LogP contribution is -2.21. The second kappa shape index (κ2) is 5.61. The van der Waals surface area contributed by atoms with Gasteiger partial charge in [-0.2, -0.15) is 0 Å². The Hall–Kier alpha value is -1.22. The van der Waals surface area contributed by atoms with Crippen LogP contribution in [-0.4, -0.2) is 20.3 Å². The Morgan fingerprint density at radius 2 is 2.00 bits per heavy atom. The summed E-state index contributed by atoms with van der Waals surface area (Å²) in [6, 6.07) is 5.95. The third kappa shape index (κ3) is 3.13. The number of benzene rings is 1. The van der Waals surface area contributed by atoms with Crippen molar-refractivity contribution >= 4 is 0 Å². The molecule has 0 unspecified atom stereocenters. The summed E-state index contributed by atoms with van der Waals surface area (Å²) in [5, 5.41) is 0. The molecule has 0 saturated heterocycles. The molecule has 0 aliphatic heterocycles. The first kappa shape index (κ1) is 11.9. The van der Waals surface area contributed by atoms with Crippen LogP contribution in [0.2, 0.25) is 0 Å². The van der Waals surface area contributed by atoms with Gasteiger partial charge in [0.05, 0.1) is 14.2 Å². The molecule has 1 aromatic rings. The Bertz CT molecular complexity index is 312. The zero-order valence-electron chi connectivity index (χ0n) is 9.62. The summed E-state index contributed by atoms with van der Waals surface area (Å²) in [6.45, 7) is 2.08. The van der Waals surface area contributed by atoms with Crippen LogP contribution in [0.4, 0.5) is 0 Å². The van der Waals surface area contributed by atoms with Crippen LogP contribution >= 0.6 is 0 Å². The predicted octanol–water partition coefficient (Wildman–Crippen LogP) is 1.98. The molecule has 1 atom stereocenters. The van der Waals surface area contributed by atoms with Crippen molar-refractivity contribution in [3.8, 4) is 11.5 Å². The lowest BCUT2D eigenvalue weighted by molar-refractivity contribution is 0.397. The molecule has 3 nitrogen and oxygen atoms in total. The smallest absolute Gasteiger partial charge is 0.122 e. The lowest BCUT2D eigenvalue weighted by Gasteiger charge is -2.13. The number of methoxy groups -OCH3 is 2. The Labute approximate surface area is 91.2 Å². The van der Waals surface area contributed by atoms with Crippen molar-refractivity contribution in [1.82, 2.24) is 0 Å². The average molecular weight is 209 g/mol. The van der Waals surface area contributed by atoms with Gasteiger partial charge in [-0.1, -0.05) is 6.92 Å². The molecular formula is C12H19NO2. The highest BCUT2D eigenvalue weighted by Gasteiger charge is 2.08. The Kier molecular flexibility index (Phi) is 4.43. The molecule has 0 aliphatic rings. The van der Waals surface area contributed by atoms with Gasteiger partial charge in [0.1, 0.15) is 11.5 Å². The molecule has 3 heteroatoms. The molecule has 1 aromatic carbocycles. The third-order valence-corrected chi connectivity index (χ3v) is 2.49. The van der Waals surface area contributed by atoms with E-state index in [0.29, 0.717) is 0 Å². The molecule has 0 fully saturated rings. The van der Waals surface area contributed by atoms with Crippen molar-refractivity contribution in [3.05, 3.63) is 23.8 Å². The zero-order chi connectivity index (χ0) is 11.3. The van der Waals surface area contributed by atoms with Gasteiger partial charge >= 0.3 is 0 Å². The van der Waals surface area contributed by atoms with Gasteiger partial charge in [0.2, 0.25) is 0 Å². The number of ether oxygens (including phenoxy) is 2. The Morgan fingerprint density at radius 3 is 2.53 bits per heavy atom. The summed E-state index contributed by atoms with van der Waals surface area (Å²) >= 11 is 0. The molecule has 1 rings (SSSR count). The van der Waals surface area contributed by atoms with E-state index in [-0.39, 0.29) is 6.04 Å². The maximum atomic E-state index is 5.92. The van der Waals surface area contributed by atoms with Crippen LogP contribution in [0.25, 0.3) is 0 Å². The Morgan fingerprint density at radius 1 is 1.27 bits per heavy atom. The van der Waals surface area contributed by atoms with Gasteiger partial charge in [-0.25, -0.2) is 0 Å². The van der Waals surface area contributed by atoms with Crippen LogP contribution in [0.3, 0.4) is 0 Å². The van der Waals surface area contributed by atoms with Crippen LogP contribution in [0.15, 0.2) is 18.2 Å². The summed E-state index contributed by atoms with van der Waals surface area (Å²) in [5.41, 5.74) is 7.03. The van der Waals surface area contributed by atoms with Crippen molar-refractivity contribution in [3.63, 3.8) is 0 Å². The van der Waals surface area contributed by atoms with Gasteiger partial charge in [0.15, 0.2) is 0 Å². The molecule has 0 heterocycles. The SMILES string of the molecule is CC[C@H](N)Cc1cc(OC)ccc1OC. The maximum Gasteiger partial charge on any atom is 0.122 e. The van der Waals surface area contributed by atoms with E-state index in [0.717, 1.165) is 29.9 Å². The highest BCUT2D eigenvalue weighted by molar-refractivity contribution is 5.40. The third-order valence-electron chi connectivity index (χ3n) is 2.49. The van der Waals surface area contributed by atoms with E-state index in [2.05, 4.69) is 6.92 Å².